The minimum Gasteiger partial charge on any atom is -0.454 e. The predicted octanol–water partition coefficient (Wildman–Crippen LogP) is 2.43. The van der Waals surface area contributed by atoms with E-state index in [0.717, 1.165) is 21.4 Å². The zero-order valence-corrected chi connectivity index (χ0v) is 17.6. The number of amides is 3. The molecule has 0 spiro atoms. The molecule has 1 saturated carbocycles. The number of nitrogens with zero attached hydrogens (tertiary/aromatic N) is 1. The van der Waals surface area contributed by atoms with Crippen LogP contribution in [0.1, 0.15) is 18.9 Å². The first-order valence-electron chi connectivity index (χ1n) is 9.56. The quantitative estimate of drug-likeness (QED) is 0.413. The first-order chi connectivity index (χ1) is 13.8. The van der Waals surface area contributed by atoms with E-state index in [-0.39, 0.29) is 35.5 Å². The molecule has 3 amide bonds. The van der Waals surface area contributed by atoms with Crippen molar-refractivity contribution in [1.82, 2.24) is 4.90 Å². The van der Waals surface area contributed by atoms with Gasteiger partial charge in [-0.1, -0.05) is 28.1 Å². The lowest BCUT2D eigenvalue weighted by Gasteiger charge is -2.23. The fraction of sp³-hybridized carbons (Fsp3) is 0.429. The van der Waals surface area contributed by atoms with E-state index < -0.39 is 24.5 Å². The molecule has 3 aliphatic rings. The molecular weight excluding hydrogens is 440 g/mol. The summed E-state index contributed by atoms with van der Waals surface area (Å²) in [5.74, 6) is -2.45. The van der Waals surface area contributed by atoms with E-state index in [2.05, 4.69) is 21.2 Å². The van der Waals surface area contributed by atoms with Crippen LogP contribution >= 0.6 is 15.9 Å². The first kappa shape index (κ1) is 19.8. The number of ether oxygens (including phenoxy) is 1. The van der Waals surface area contributed by atoms with Crippen molar-refractivity contribution in [2.24, 2.45) is 23.7 Å². The minimum atomic E-state index is -1.05. The number of anilines is 1. The summed E-state index contributed by atoms with van der Waals surface area (Å²) in [5.41, 5.74) is 1.54. The first-order valence-corrected chi connectivity index (χ1v) is 10.3. The number of esters is 1. The van der Waals surface area contributed by atoms with Gasteiger partial charge in [-0.05, 0) is 55.9 Å². The highest BCUT2D eigenvalue weighted by molar-refractivity contribution is 9.10. The van der Waals surface area contributed by atoms with E-state index in [4.69, 9.17) is 4.74 Å². The SMILES string of the molecule is Cc1cc(NC(=O)COC(=O)[C@@H](C)N2C(=O)[C@@H]3[C@H](C2=O)[C@H]2C=C[C@H]3C2)ccc1Br. The standard InChI is InChI=1S/C21H21BrN2O5/c1-10-7-14(5-6-15(10)22)23-16(25)9-29-21(28)11(2)24-19(26)17-12-3-4-13(8-12)18(17)20(24)27/h3-7,11-13,17-18H,8-9H2,1-2H3,(H,23,25)/t11-,12+,13+,17-,18+/m1/s1. The third-order valence-corrected chi connectivity index (χ3v) is 6.91. The van der Waals surface area contributed by atoms with Crippen LogP contribution < -0.4 is 5.32 Å². The van der Waals surface area contributed by atoms with Crippen molar-refractivity contribution in [3.8, 4) is 0 Å². The average Bonchev–Trinajstić information content (AvgIpc) is 3.36. The molecule has 0 unspecified atom stereocenters. The zero-order valence-electron chi connectivity index (χ0n) is 16.1. The molecule has 1 aromatic rings. The molecule has 0 radical (unpaired) electrons. The molecule has 0 aromatic heterocycles. The molecule has 152 valence electrons. The number of imide groups is 1. The topological polar surface area (TPSA) is 92.8 Å². The molecular formula is C21H21BrN2O5. The van der Waals surface area contributed by atoms with Gasteiger partial charge in [0.2, 0.25) is 11.8 Å². The van der Waals surface area contributed by atoms with Crippen LogP contribution in [0.3, 0.4) is 0 Å². The maximum absolute atomic E-state index is 12.8. The minimum absolute atomic E-state index is 0.0785. The van der Waals surface area contributed by atoms with Crippen LogP contribution in [0, 0.1) is 30.6 Å². The van der Waals surface area contributed by atoms with Crippen molar-refractivity contribution < 1.29 is 23.9 Å². The number of benzene rings is 1. The summed E-state index contributed by atoms with van der Waals surface area (Å²) in [5, 5.41) is 2.65. The molecule has 7 nitrogen and oxygen atoms in total. The molecule has 1 aliphatic heterocycles. The van der Waals surface area contributed by atoms with Gasteiger partial charge in [0.25, 0.3) is 5.91 Å². The summed E-state index contributed by atoms with van der Waals surface area (Å²) in [6.07, 6.45) is 4.82. The fourth-order valence-corrected chi connectivity index (χ4v) is 4.84. The number of likely N-dealkylation sites (tertiary alicyclic amines) is 1. The van der Waals surface area contributed by atoms with E-state index in [1.165, 1.54) is 6.92 Å². The van der Waals surface area contributed by atoms with Gasteiger partial charge in [0.15, 0.2) is 6.61 Å². The number of hydrogen-bond acceptors (Lipinski definition) is 5. The third kappa shape index (κ3) is 3.39. The maximum Gasteiger partial charge on any atom is 0.329 e. The molecule has 2 aliphatic carbocycles. The van der Waals surface area contributed by atoms with Crippen molar-refractivity contribution in [1.29, 1.82) is 0 Å². The van der Waals surface area contributed by atoms with Gasteiger partial charge < -0.3 is 10.1 Å². The number of fused-ring (bicyclic) bond motifs is 5. The van der Waals surface area contributed by atoms with E-state index in [1.54, 1.807) is 12.1 Å². The number of allylic oxidation sites excluding steroid dienone is 2. The highest BCUT2D eigenvalue weighted by atomic mass is 79.9. The summed E-state index contributed by atoms with van der Waals surface area (Å²) in [7, 11) is 0. The average molecular weight is 461 g/mol. The predicted molar refractivity (Wildman–Crippen MR) is 107 cm³/mol. The number of carbonyl (C=O) groups is 4. The van der Waals surface area contributed by atoms with Crippen molar-refractivity contribution in [2.75, 3.05) is 11.9 Å². The highest BCUT2D eigenvalue weighted by Crippen LogP contribution is 2.52. The van der Waals surface area contributed by atoms with E-state index in [0.29, 0.717) is 5.69 Å². The summed E-state index contributed by atoms with van der Waals surface area (Å²) in [4.78, 5) is 51.0. The van der Waals surface area contributed by atoms with Crippen LogP contribution in [0.2, 0.25) is 0 Å². The van der Waals surface area contributed by atoms with Gasteiger partial charge in [0, 0.05) is 10.2 Å². The normalized spacial score (nSPS) is 27.9. The van der Waals surface area contributed by atoms with Gasteiger partial charge in [0.05, 0.1) is 11.8 Å². The molecule has 1 N–H and O–H groups in total. The molecule has 5 atom stereocenters. The summed E-state index contributed by atoms with van der Waals surface area (Å²) in [6.45, 7) is 2.86. The molecule has 2 bridgehead atoms. The van der Waals surface area contributed by atoms with Gasteiger partial charge in [-0.15, -0.1) is 0 Å². The summed E-state index contributed by atoms with van der Waals surface area (Å²) < 4.78 is 5.99. The lowest BCUT2D eigenvalue weighted by Crippen LogP contribution is -2.45. The molecule has 1 heterocycles. The third-order valence-electron chi connectivity index (χ3n) is 6.02. The van der Waals surface area contributed by atoms with Gasteiger partial charge in [-0.3, -0.25) is 19.3 Å². The maximum atomic E-state index is 12.8. The second-order valence-electron chi connectivity index (χ2n) is 7.84. The lowest BCUT2D eigenvalue weighted by atomic mass is 9.85. The lowest BCUT2D eigenvalue weighted by molar-refractivity contribution is -0.159. The molecule has 29 heavy (non-hydrogen) atoms. The second-order valence-corrected chi connectivity index (χ2v) is 8.70. The Labute approximate surface area is 176 Å². The Kier molecular flexibility index (Phi) is 5.06. The van der Waals surface area contributed by atoms with E-state index in [1.807, 2.05) is 25.1 Å². The van der Waals surface area contributed by atoms with Gasteiger partial charge >= 0.3 is 5.97 Å². The van der Waals surface area contributed by atoms with E-state index >= 15 is 0 Å². The van der Waals surface area contributed by atoms with Gasteiger partial charge in [-0.2, -0.15) is 0 Å². The summed E-state index contributed by atoms with van der Waals surface area (Å²) in [6, 6.07) is 4.27. The molecule has 2 fully saturated rings. The van der Waals surface area contributed by atoms with Gasteiger partial charge in [0.1, 0.15) is 6.04 Å². The number of rotatable bonds is 5. The number of carbonyl (C=O) groups excluding carboxylic acids is 4. The number of halogens is 1. The molecule has 1 aromatic carbocycles. The van der Waals surface area contributed by atoms with Crippen LogP contribution in [0.25, 0.3) is 0 Å². The number of aryl methyl sites for hydroxylation is 1. The molecule has 4 rings (SSSR count). The van der Waals surface area contributed by atoms with Crippen molar-refractivity contribution in [2.45, 2.75) is 26.3 Å². The Morgan fingerprint density at radius 2 is 1.83 bits per heavy atom. The van der Waals surface area contributed by atoms with Crippen LogP contribution in [0.15, 0.2) is 34.8 Å². The van der Waals surface area contributed by atoms with Crippen LogP contribution in [-0.4, -0.2) is 41.2 Å². The Morgan fingerprint density at radius 1 is 1.21 bits per heavy atom. The van der Waals surface area contributed by atoms with Crippen LogP contribution in [0.5, 0.6) is 0 Å². The Balaban J connectivity index is 1.34. The number of nitrogens with one attached hydrogen (secondary N) is 1. The summed E-state index contributed by atoms with van der Waals surface area (Å²) >= 11 is 3.39. The smallest absolute Gasteiger partial charge is 0.329 e. The van der Waals surface area contributed by atoms with Crippen molar-refractivity contribution >= 4 is 45.3 Å². The largest absolute Gasteiger partial charge is 0.454 e. The van der Waals surface area contributed by atoms with Gasteiger partial charge in [-0.25, -0.2) is 4.79 Å². The zero-order chi connectivity index (χ0) is 20.9. The Morgan fingerprint density at radius 3 is 2.41 bits per heavy atom. The van der Waals surface area contributed by atoms with E-state index in [9.17, 15) is 19.2 Å². The molecule has 1 saturated heterocycles. The monoisotopic (exact) mass is 460 g/mol. The molecule has 8 heteroatoms. The Hall–Kier alpha value is -2.48. The fourth-order valence-electron chi connectivity index (χ4n) is 4.59. The van der Waals surface area contributed by atoms with Crippen LogP contribution in [0.4, 0.5) is 5.69 Å². The second kappa shape index (κ2) is 7.40. The Bertz CT molecular complexity index is 913. The van der Waals surface area contributed by atoms with Crippen molar-refractivity contribution in [3.63, 3.8) is 0 Å². The number of hydrogen-bond donors (Lipinski definition) is 1. The van der Waals surface area contributed by atoms with Crippen molar-refractivity contribution in [3.05, 3.63) is 40.4 Å². The van der Waals surface area contributed by atoms with Crippen LogP contribution in [-0.2, 0) is 23.9 Å². The highest BCUT2D eigenvalue weighted by Gasteiger charge is 2.60.